The van der Waals surface area contributed by atoms with Gasteiger partial charge in [0.15, 0.2) is 11.3 Å². The minimum Gasteiger partial charge on any atom is -0.497 e. The number of rotatable bonds is 10. The lowest BCUT2D eigenvalue weighted by atomic mass is 9.78. The predicted molar refractivity (Wildman–Crippen MR) is 174 cm³/mol. The van der Waals surface area contributed by atoms with Gasteiger partial charge in [0.05, 0.1) is 32.4 Å². The summed E-state index contributed by atoms with van der Waals surface area (Å²) in [7, 11) is 0.256. The van der Waals surface area contributed by atoms with Crippen molar-refractivity contribution < 1.29 is 55.3 Å². The summed E-state index contributed by atoms with van der Waals surface area (Å²) in [5.41, 5.74) is -2.28. The number of fused-ring (bicyclic) bond motifs is 1. The van der Waals surface area contributed by atoms with Crippen molar-refractivity contribution in [2.75, 3.05) is 39.2 Å². The number of carbonyl (C=O) groups is 3. The number of amides is 2. The number of carboxylic acid groups (broad SMARTS) is 1. The van der Waals surface area contributed by atoms with Crippen molar-refractivity contribution in [2.24, 2.45) is 0 Å². The Morgan fingerprint density at radius 1 is 1.00 bits per heavy atom. The molecule has 2 aliphatic rings. The lowest BCUT2D eigenvalue weighted by molar-refractivity contribution is -0.275. The third-order valence-corrected chi connectivity index (χ3v) is 10.6. The van der Waals surface area contributed by atoms with Gasteiger partial charge in [0.25, 0.3) is 15.9 Å². The number of benzene rings is 3. The Hall–Kier alpha value is -4.54. The molecular weight excluding hydrogens is 707 g/mol. The lowest BCUT2D eigenvalue weighted by Gasteiger charge is -2.47. The first-order chi connectivity index (χ1) is 23.5. The maximum Gasteiger partial charge on any atom is 0.573 e. The second-order valence-corrected chi connectivity index (χ2v) is 14.0. The van der Waals surface area contributed by atoms with Crippen LogP contribution in [0.2, 0.25) is 5.02 Å². The maximum absolute atomic E-state index is 15.5. The van der Waals surface area contributed by atoms with Crippen LogP contribution >= 0.6 is 11.6 Å². The van der Waals surface area contributed by atoms with Crippen molar-refractivity contribution in [1.29, 1.82) is 0 Å². The van der Waals surface area contributed by atoms with Crippen LogP contribution in [0.3, 0.4) is 0 Å². The molecule has 0 aromatic heterocycles. The molecular formula is C33H33ClF3N3O9S. The van der Waals surface area contributed by atoms with Crippen LogP contribution in [0, 0.1) is 0 Å². The van der Waals surface area contributed by atoms with E-state index in [0.717, 1.165) is 25.3 Å². The number of halogens is 4. The molecule has 12 nitrogen and oxygen atoms in total. The largest absolute Gasteiger partial charge is 0.573 e. The van der Waals surface area contributed by atoms with E-state index in [2.05, 4.69) is 4.74 Å². The van der Waals surface area contributed by atoms with Crippen molar-refractivity contribution in [1.82, 2.24) is 9.80 Å². The zero-order chi connectivity index (χ0) is 36.8. The molecule has 0 aliphatic carbocycles. The van der Waals surface area contributed by atoms with Crippen molar-refractivity contribution in [3.63, 3.8) is 0 Å². The van der Waals surface area contributed by atoms with Gasteiger partial charge in [-0.15, -0.1) is 13.2 Å². The fraction of sp³-hybridized carbons (Fsp3) is 0.364. The minimum atomic E-state index is -5.33. The third kappa shape index (κ3) is 6.42. The van der Waals surface area contributed by atoms with Crippen molar-refractivity contribution in [2.45, 2.75) is 48.5 Å². The number of aliphatic carboxylic acids is 1. The number of likely N-dealkylation sites (N-methyl/N-ethyl adjacent to an activating group) is 1. The molecule has 0 bridgehead atoms. The zero-order valence-electron chi connectivity index (χ0n) is 27.3. The van der Waals surface area contributed by atoms with Crippen LogP contribution in [-0.2, 0) is 36.4 Å². The van der Waals surface area contributed by atoms with Crippen LogP contribution in [0.5, 0.6) is 17.2 Å². The number of hydrogen-bond donors (Lipinski definition) is 1. The number of sulfonamides is 1. The molecule has 0 radical (unpaired) electrons. The molecule has 3 aromatic rings. The molecule has 2 heterocycles. The Balaban J connectivity index is 1.89. The quantitative estimate of drug-likeness (QED) is 0.308. The van der Waals surface area contributed by atoms with E-state index in [-0.39, 0.29) is 51.9 Å². The van der Waals surface area contributed by atoms with Crippen LogP contribution < -0.4 is 18.5 Å². The molecule has 268 valence electrons. The Morgan fingerprint density at radius 2 is 1.72 bits per heavy atom. The molecule has 1 unspecified atom stereocenters. The Kier molecular flexibility index (Phi) is 10.0. The fourth-order valence-corrected chi connectivity index (χ4v) is 8.35. The van der Waals surface area contributed by atoms with Gasteiger partial charge < -0.3 is 24.2 Å². The maximum atomic E-state index is 15.5. The zero-order valence-corrected chi connectivity index (χ0v) is 28.9. The number of carboxylic acids is 1. The highest BCUT2D eigenvalue weighted by atomic mass is 35.5. The van der Waals surface area contributed by atoms with Gasteiger partial charge >= 0.3 is 12.3 Å². The number of alkyl halides is 3. The van der Waals surface area contributed by atoms with Gasteiger partial charge in [-0.1, -0.05) is 24.1 Å². The summed E-state index contributed by atoms with van der Waals surface area (Å²) in [4.78, 5) is 42.9. The molecule has 0 spiro atoms. The molecule has 5 rings (SSSR count). The second-order valence-electron chi connectivity index (χ2n) is 11.8. The van der Waals surface area contributed by atoms with E-state index in [4.69, 9.17) is 21.1 Å². The number of hydrogen-bond acceptors (Lipinski definition) is 9. The smallest absolute Gasteiger partial charge is 0.497 e. The molecule has 17 heteroatoms. The van der Waals surface area contributed by atoms with Gasteiger partial charge in [-0.25, -0.2) is 12.7 Å². The summed E-state index contributed by atoms with van der Waals surface area (Å²) < 4.78 is 85.4. The van der Waals surface area contributed by atoms with Gasteiger partial charge in [0.2, 0.25) is 5.91 Å². The van der Waals surface area contributed by atoms with E-state index in [1.807, 2.05) is 0 Å². The number of carbonyl (C=O) groups excluding carboxylic acids is 2. The van der Waals surface area contributed by atoms with Crippen molar-refractivity contribution >= 4 is 45.1 Å². The first-order valence-corrected chi connectivity index (χ1v) is 17.0. The van der Waals surface area contributed by atoms with E-state index in [0.29, 0.717) is 17.1 Å². The van der Waals surface area contributed by atoms with E-state index in [1.54, 1.807) is 4.90 Å². The first-order valence-electron chi connectivity index (χ1n) is 15.2. The van der Waals surface area contributed by atoms with Gasteiger partial charge in [-0.3, -0.25) is 19.3 Å². The number of anilines is 1. The molecule has 3 aromatic carbocycles. The number of likely N-dealkylation sites (tertiary alicyclic amines) is 1. The van der Waals surface area contributed by atoms with Crippen LogP contribution in [0.25, 0.3) is 0 Å². The Bertz CT molecular complexity index is 1960. The summed E-state index contributed by atoms with van der Waals surface area (Å²) in [6, 6.07) is 9.83. The predicted octanol–water partition coefficient (Wildman–Crippen LogP) is 4.80. The number of piperidine rings is 1. The monoisotopic (exact) mass is 739 g/mol. The molecule has 1 saturated heterocycles. The highest BCUT2D eigenvalue weighted by Gasteiger charge is 2.63. The number of ether oxygens (including phenoxy) is 3. The van der Waals surface area contributed by atoms with Crippen molar-refractivity contribution in [3.05, 3.63) is 76.3 Å². The SMILES string of the molecule is COc1ccc(S(=O)(=O)N2C(=O)C(c3cc(CC(=O)O)ccc3OC)(N3CCCC[C@H]3C(=O)N(C)C)c3cc(Cl)ccc32)c(OC(F)(F)F)c1. The number of nitrogens with zero attached hydrogens (tertiary/aromatic N) is 3. The normalized spacial score (nSPS) is 19.6. The Labute approximate surface area is 290 Å². The highest BCUT2D eigenvalue weighted by molar-refractivity contribution is 7.93. The van der Waals surface area contributed by atoms with E-state index in [9.17, 15) is 36.3 Å². The fourth-order valence-electron chi connectivity index (χ4n) is 6.62. The van der Waals surface area contributed by atoms with Crippen LogP contribution in [0.15, 0.2) is 59.5 Å². The molecule has 2 atom stereocenters. The summed E-state index contributed by atoms with van der Waals surface area (Å²) in [5.74, 6) is -4.06. The highest BCUT2D eigenvalue weighted by Crippen LogP contribution is 2.55. The molecule has 1 N–H and O–H groups in total. The molecule has 2 aliphatic heterocycles. The number of methoxy groups -OCH3 is 2. The molecule has 0 saturated carbocycles. The van der Waals surface area contributed by atoms with Gasteiger partial charge in [0, 0.05) is 42.9 Å². The van der Waals surface area contributed by atoms with Crippen LogP contribution in [0.4, 0.5) is 18.9 Å². The standard InChI is InChI=1S/C33H33ClF3N3O9S/c1-38(2)30(43)25-7-5-6-14-39(25)32(23-15-19(16-29(41)42)8-12-26(23)48-4)22-17-20(34)9-11-24(22)40(31(32)44)50(45,46)28-13-10-21(47-3)18-27(28)49-33(35,36)37/h8-13,15,17-18,25H,5-7,14,16H2,1-4H3,(H,41,42)/t25-,32?/m0/s1. The Morgan fingerprint density at radius 3 is 2.34 bits per heavy atom. The summed E-state index contributed by atoms with van der Waals surface area (Å²) >= 11 is 6.52. The van der Waals surface area contributed by atoms with Crippen LogP contribution in [0.1, 0.15) is 36.0 Å². The third-order valence-electron chi connectivity index (χ3n) is 8.62. The van der Waals surface area contributed by atoms with Crippen LogP contribution in [-0.4, -0.2) is 88.4 Å². The lowest BCUT2D eigenvalue weighted by Crippen LogP contribution is -2.62. The average molecular weight is 740 g/mol. The summed E-state index contributed by atoms with van der Waals surface area (Å²) in [6.07, 6.45) is -4.51. The molecule has 50 heavy (non-hydrogen) atoms. The summed E-state index contributed by atoms with van der Waals surface area (Å²) in [5, 5.41) is 9.71. The summed E-state index contributed by atoms with van der Waals surface area (Å²) in [6.45, 7) is 0.0765. The van der Waals surface area contributed by atoms with E-state index < -0.39 is 62.8 Å². The van der Waals surface area contributed by atoms with Gasteiger partial charge in [0.1, 0.15) is 16.4 Å². The second kappa shape index (κ2) is 13.6. The van der Waals surface area contributed by atoms with Gasteiger partial charge in [-0.2, -0.15) is 0 Å². The molecule has 2 amide bonds. The topological polar surface area (TPSA) is 143 Å². The van der Waals surface area contributed by atoms with E-state index in [1.165, 1.54) is 62.5 Å². The molecule has 1 fully saturated rings. The van der Waals surface area contributed by atoms with Gasteiger partial charge in [-0.05, 0) is 60.9 Å². The minimum absolute atomic E-state index is 0.00455. The first kappa shape index (κ1) is 36.7. The van der Waals surface area contributed by atoms with Crippen molar-refractivity contribution in [3.8, 4) is 17.2 Å². The average Bonchev–Trinajstić information content (AvgIpc) is 3.31. The van der Waals surface area contributed by atoms with E-state index >= 15 is 4.79 Å².